The number of nitrogens with zero attached hydrogens (tertiary/aromatic N) is 2. The molecule has 34 heavy (non-hydrogen) atoms. The summed E-state index contributed by atoms with van der Waals surface area (Å²) in [6.45, 7) is 1.08. The number of hydrogen-bond donors (Lipinski definition) is 5. The Labute approximate surface area is 194 Å². The van der Waals surface area contributed by atoms with E-state index < -0.39 is 45.7 Å². The topological polar surface area (TPSA) is 212 Å². The average molecular weight is 493 g/mol. The first kappa shape index (κ1) is 24.7. The maximum absolute atomic E-state index is 12.3. The van der Waals surface area contributed by atoms with E-state index in [0.29, 0.717) is 23.6 Å². The van der Waals surface area contributed by atoms with Gasteiger partial charge in [0.25, 0.3) is 10.0 Å². The van der Waals surface area contributed by atoms with Crippen LogP contribution in [0, 0.1) is 6.92 Å². The van der Waals surface area contributed by atoms with E-state index in [9.17, 15) is 23.1 Å². The van der Waals surface area contributed by atoms with Gasteiger partial charge in [-0.2, -0.15) is 4.72 Å². The molecule has 2 heterocycles. The van der Waals surface area contributed by atoms with Crippen LogP contribution in [0.2, 0.25) is 0 Å². The number of benzene rings is 1. The SMILES string of the molecule is Cc1ccc(S(=O)(=O)N[C@@H](CNC(=O)C[C@H]2CC(c3ccc(N=C(N)N)cc3)=NO2)C(=O)O)o1. The van der Waals surface area contributed by atoms with Crippen LogP contribution in [0.5, 0.6) is 0 Å². The Kier molecular flexibility index (Phi) is 7.53. The molecule has 0 radical (unpaired) electrons. The fourth-order valence-corrected chi connectivity index (χ4v) is 4.23. The van der Waals surface area contributed by atoms with E-state index in [-0.39, 0.29) is 12.4 Å². The van der Waals surface area contributed by atoms with Crippen LogP contribution in [0.3, 0.4) is 0 Å². The van der Waals surface area contributed by atoms with E-state index >= 15 is 0 Å². The second-order valence-electron chi connectivity index (χ2n) is 7.44. The highest BCUT2D eigenvalue weighted by atomic mass is 32.2. The van der Waals surface area contributed by atoms with Crippen LogP contribution < -0.4 is 21.5 Å². The Hall–Kier alpha value is -3.91. The van der Waals surface area contributed by atoms with Crippen LogP contribution in [-0.4, -0.2) is 55.8 Å². The van der Waals surface area contributed by atoms with Gasteiger partial charge in [0.05, 0.1) is 17.8 Å². The third-order valence-electron chi connectivity index (χ3n) is 4.68. The standard InChI is InChI=1S/C20H24N6O7S/c1-11-2-7-18(32-11)34(30,31)26-16(19(28)29)10-23-17(27)9-14-8-15(25-33-14)12-3-5-13(6-4-12)24-20(21)22/h2-7,14,16,26H,8-10H2,1H3,(H,23,27)(H,28,29)(H4,21,22,24)/t14-,16+/m1/s1. The fraction of sp³-hybridized carbons (Fsp3) is 0.300. The molecule has 1 aromatic carbocycles. The monoisotopic (exact) mass is 492 g/mol. The van der Waals surface area contributed by atoms with Crippen LogP contribution >= 0.6 is 0 Å². The van der Waals surface area contributed by atoms with Crippen molar-refractivity contribution in [3.63, 3.8) is 0 Å². The summed E-state index contributed by atoms with van der Waals surface area (Å²) in [5.74, 6) is -1.69. The van der Waals surface area contributed by atoms with Gasteiger partial charge in [-0.1, -0.05) is 17.3 Å². The number of nitrogens with one attached hydrogen (secondary N) is 2. The third kappa shape index (κ3) is 6.55. The zero-order chi connectivity index (χ0) is 24.9. The minimum atomic E-state index is -4.22. The highest BCUT2D eigenvalue weighted by Crippen LogP contribution is 2.21. The first-order chi connectivity index (χ1) is 16.0. The zero-order valence-electron chi connectivity index (χ0n) is 18.1. The van der Waals surface area contributed by atoms with E-state index in [1.54, 1.807) is 31.2 Å². The summed E-state index contributed by atoms with van der Waals surface area (Å²) in [7, 11) is -4.22. The number of nitrogens with two attached hydrogens (primary N) is 2. The largest absolute Gasteiger partial charge is 0.480 e. The van der Waals surface area contributed by atoms with Crippen molar-refractivity contribution >= 4 is 39.3 Å². The summed E-state index contributed by atoms with van der Waals surface area (Å²) in [5.41, 5.74) is 12.7. The summed E-state index contributed by atoms with van der Waals surface area (Å²) >= 11 is 0. The quantitative estimate of drug-likeness (QED) is 0.221. The summed E-state index contributed by atoms with van der Waals surface area (Å²) in [6, 6.07) is 7.97. The molecular formula is C20H24N6O7S. The number of carbonyl (C=O) groups is 2. The lowest BCUT2D eigenvalue weighted by Gasteiger charge is -2.15. The second-order valence-corrected chi connectivity index (χ2v) is 9.08. The first-order valence-corrected chi connectivity index (χ1v) is 11.5. The maximum atomic E-state index is 12.3. The molecule has 14 heteroatoms. The lowest BCUT2D eigenvalue weighted by molar-refractivity contribution is -0.138. The van der Waals surface area contributed by atoms with Crippen molar-refractivity contribution in [1.82, 2.24) is 10.0 Å². The lowest BCUT2D eigenvalue weighted by atomic mass is 10.0. The van der Waals surface area contributed by atoms with Gasteiger partial charge < -0.3 is 31.1 Å². The van der Waals surface area contributed by atoms with E-state index in [2.05, 4.69) is 15.5 Å². The Morgan fingerprint density at radius 2 is 1.94 bits per heavy atom. The van der Waals surface area contributed by atoms with E-state index in [4.69, 9.17) is 20.7 Å². The third-order valence-corrected chi connectivity index (χ3v) is 6.03. The number of oxime groups is 1. The number of aryl methyl sites for hydroxylation is 1. The molecule has 2 atom stereocenters. The molecule has 182 valence electrons. The van der Waals surface area contributed by atoms with Crippen molar-refractivity contribution in [1.29, 1.82) is 0 Å². The molecule has 7 N–H and O–H groups in total. The Morgan fingerprint density at radius 1 is 1.24 bits per heavy atom. The second kappa shape index (κ2) is 10.4. The van der Waals surface area contributed by atoms with Gasteiger partial charge in [0.15, 0.2) is 5.96 Å². The van der Waals surface area contributed by atoms with Crippen LogP contribution in [0.25, 0.3) is 0 Å². The van der Waals surface area contributed by atoms with Crippen molar-refractivity contribution in [2.24, 2.45) is 21.6 Å². The minimum absolute atomic E-state index is 0.0608. The molecule has 0 aliphatic carbocycles. The van der Waals surface area contributed by atoms with Crippen molar-refractivity contribution < 1.29 is 32.4 Å². The van der Waals surface area contributed by atoms with Gasteiger partial charge in [-0.25, -0.2) is 13.4 Å². The lowest BCUT2D eigenvalue weighted by Crippen LogP contribution is -2.48. The number of aliphatic imine (C=N–C) groups is 1. The van der Waals surface area contributed by atoms with E-state index in [1.165, 1.54) is 12.1 Å². The van der Waals surface area contributed by atoms with Gasteiger partial charge in [-0.05, 0) is 36.8 Å². The van der Waals surface area contributed by atoms with Crippen molar-refractivity contribution in [3.05, 3.63) is 47.7 Å². The Morgan fingerprint density at radius 3 is 2.53 bits per heavy atom. The summed E-state index contributed by atoms with van der Waals surface area (Å²) in [4.78, 5) is 33.0. The van der Waals surface area contributed by atoms with E-state index in [1.807, 2.05) is 4.72 Å². The summed E-state index contributed by atoms with van der Waals surface area (Å²) in [6.07, 6.45) is -0.310. The highest BCUT2D eigenvalue weighted by Gasteiger charge is 2.29. The number of amides is 1. The molecule has 3 rings (SSSR count). The molecule has 1 aromatic heterocycles. The minimum Gasteiger partial charge on any atom is -0.480 e. The predicted octanol–water partition coefficient (Wildman–Crippen LogP) is -0.0761. The molecule has 0 saturated heterocycles. The number of carboxylic acids is 1. The molecule has 0 bridgehead atoms. The van der Waals surface area contributed by atoms with Gasteiger partial charge in [0.1, 0.15) is 17.9 Å². The van der Waals surface area contributed by atoms with Crippen LogP contribution in [0.15, 0.2) is 56.1 Å². The molecule has 0 saturated carbocycles. The molecule has 2 aromatic rings. The van der Waals surface area contributed by atoms with Gasteiger partial charge in [0.2, 0.25) is 11.0 Å². The fourth-order valence-electron chi connectivity index (χ4n) is 3.06. The molecule has 0 fully saturated rings. The van der Waals surface area contributed by atoms with Crippen LogP contribution in [0.4, 0.5) is 5.69 Å². The average Bonchev–Trinajstić information content (AvgIpc) is 3.40. The number of furan rings is 1. The van der Waals surface area contributed by atoms with Crippen LogP contribution in [0.1, 0.15) is 24.2 Å². The number of carboxylic acid groups (broad SMARTS) is 1. The number of guanidine groups is 1. The number of hydrogen-bond acceptors (Lipinski definition) is 8. The molecule has 0 unspecified atom stereocenters. The molecule has 0 spiro atoms. The van der Waals surface area contributed by atoms with Gasteiger partial charge in [-0.15, -0.1) is 0 Å². The number of aliphatic carboxylic acids is 1. The molecule has 1 aliphatic heterocycles. The molecule has 13 nitrogen and oxygen atoms in total. The number of rotatable bonds is 10. The first-order valence-electron chi connectivity index (χ1n) is 10.0. The normalized spacial score (nSPS) is 16.3. The summed E-state index contributed by atoms with van der Waals surface area (Å²) < 4.78 is 31.6. The Bertz CT molecular complexity index is 1220. The van der Waals surface area contributed by atoms with Crippen molar-refractivity contribution in [2.75, 3.05) is 6.54 Å². The van der Waals surface area contributed by atoms with Crippen LogP contribution in [-0.2, 0) is 24.4 Å². The van der Waals surface area contributed by atoms with Gasteiger partial charge in [-0.3, -0.25) is 9.59 Å². The molecular weight excluding hydrogens is 468 g/mol. The summed E-state index contributed by atoms with van der Waals surface area (Å²) in [5, 5.41) is 15.3. The molecule has 1 amide bonds. The van der Waals surface area contributed by atoms with Gasteiger partial charge >= 0.3 is 5.97 Å². The van der Waals surface area contributed by atoms with E-state index in [0.717, 1.165) is 5.56 Å². The van der Waals surface area contributed by atoms with Crippen molar-refractivity contribution in [3.8, 4) is 0 Å². The number of sulfonamides is 1. The van der Waals surface area contributed by atoms with Crippen molar-refractivity contribution in [2.45, 2.75) is 37.0 Å². The Balaban J connectivity index is 1.50. The predicted molar refractivity (Wildman–Crippen MR) is 121 cm³/mol. The van der Waals surface area contributed by atoms with Gasteiger partial charge in [0, 0.05) is 13.0 Å². The number of carbonyl (C=O) groups excluding carboxylic acids is 1. The highest BCUT2D eigenvalue weighted by molar-refractivity contribution is 7.89. The zero-order valence-corrected chi connectivity index (χ0v) is 18.9. The molecule has 1 aliphatic rings. The smallest absolute Gasteiger partial charge is 0.323 e. The maximum Gasteiger partial charge on any atom is 0.323 e.